The number of halogens is 1. The molecule has 1 N–H and O–H groups in total. The SMILES string of the molecule is CC(C)=CCC1=C(O)c2ccccc2C(=O)C1=O.CN(C)CCCN1c2ccccc2Sc2ccc(Cl)cc21. The standard InChI is InChI=1S/C17H19ClN2S.C15H14O3/c1-19(2)10-5-11-20-14-6-3-4-7-16(14)21-17-9-8-13(18)12-15(17)20;1-9(2)7-8-12-13(16)10-5-3-4-6-11(10)14(17)15(12)18/h3-4,6-9,12H,5,10-11H2,1-2H3;3-7,16H,8H2,1-2H3. The molecule has 202 valence electrons. The lowest BCUT2D eigenvalue weighted by atomic mass is 9.87. The molecule has 2 aliphatic rings. The van der Waals surface area contributed by atoms with Crippen LogP contribution >= 0.6 is 23.4 Å². The highest BCUT2D eigenvalue weighted by Gasteiger charge is 2.31. The molecule has 5 rings (SSSR count). The molecule has 7 heteroatoms. The first-order valence-corrected chi connectivity index (χ1v) is 14.1. The number of aliphatic hydroxyl groups excluding tert-OH is 1. The van der Waals surface area contributed by atoms with Crippen molar-refractivity contribution in [3.63, 3.8) is 0 Å². The van der Waals surface area contributed by atoms with E-state index in [1.807, 2.05) is 37.8 Å². The maximum atomic E-state index is 11.9. The highest BCUT2D eigenvalue weighted by molar-refractivity contribution is 7.99. The van der Waals surface area contributed by atoms with Gasteiger partial charge in [0, 0.05) is 38.1 Å². The molecule has 0 saturated heterocycles. The molecule has 1 aliphatic heterocycles. The summed E-state index contributed by atoms with van der Waals surface area (Å²) in [6.45, 7) is 5.90. The molecular weight excluding hydrogens is 528 g/mol. The molecule has 1 heterocycles. The summed E-state index contributed by atoms with van der Waals surface area (Å²) in [7, 11) is 4.23. The number of carbonyl (C=O) groups excluding carboxylic acids is 2. The molecule has 0 amide bonds. The number of fused-ring (bicyclic) bond motifs is 3. The van der Waals surface area contributed by atoms with Gasteiger partial charge in [-0.1, -0.05) is 71.4 Å². The van der Waals surface area contributed by atoms with E-state index in [1.54, 1.807) is 24.3 Å². The molecule has 1 aliphatic carbocycles. The zero-order chi connectivity index (χ0) is 28.1. The van der Waals surface area contributed by atoms with Gasteiger partial charge in [0.15, 0.2) is 0 Å². The Morgan fingerprint density at radius 3 is 2.31 bits per heavy atom. The molecule has 3 aromatic rings. The Kier molecular flexibility index (Phi) is 9.33. The number of para-hydroxylation sites is 1. The lowest BCUT2D eigenvalue weighted by molar-refractivity contribution is -0.112. The van der Waals surface area contributed by atoms with Crippen LogP contribution in [0, 0.1) is 0 Å². The second-order valence-electron chi connectivity index (χ2n) is 10.0. The van der Waals surface area contributed by atoms with Crippen molar-refractivity contribution in [3.8, 4) is 0 Å². The Hall–Kier alpha value is -3.32. The molecule has 0 saturated carbocycles. The minimum absolute atomic E-state index is 0.0762. The van der Waals surface area contributed by atoms with Crippen LogP contribution in [0.3, 0.4) is 0 Å². The second-order valence-corrected chi connectivity index (χ2v) is 11.5. The topological polar surface area (TPSA) is 60.9 Å². The molecule has 0 bridgehead atoms. The van der Waals surface area contributed by atoms with Gasteiger partial charge in [-0.2, -0.15) is 0 Å². The average Bonchev–Trinajstić information content (AvgIpc) is 2.91. The first kappa shape index (κ1) is 28.7. The summed E-state index contributed by atoms with van der Waals surface area (Å²) in [4.78, 5) is 31.0. The van der Waals surface area contributed by atoms with E-state index in [9.17, 15) is 14.7 Å². The van der Waals surface area contributed by atoms with Gasteiger partial charge >= 0.3 is 0 Å². The van der Waals surface area contributed by atoms with Crippen LogP contribution in [0.25, 0.3) is 5.76 Å². The van der Waals surface area contributed by atoms with Gasteiger partial charge < -0.3 is 14.9 Å². The van der Waals surface area contributed by atoms with Crippen molar-refractivity contribution in [3.05, 3.63) is 100 Å². The molecule has 0 aromatic heterocycles. The summed E-state index contributed by atoms with van der Waals surface area (Å²) in [5.74, 6) is -1.23. The zero-order valence-electron chi connectivity index (χ0n) is 22.7. The molecule has 0 spiro atoms. The van der Waals surface area contributed by atoms with Crippen molar-refractivity contribution in [2.75, 3.05) is 32.1 Å². The molecule has 39 heavy (non-hydrogen) atoms. The summed E-state index contributed by atoms with van der Waals surface area (Å²) in [6.07, 6.45) is 3.23. The smallest absolute Gasteiger partial charge is 0.234 e. The van der Waals surface area contributed by atoms with E-state index in [0.29, 0.717) is 5.56 Å². The third-order valence-electron chi connectivity index (χ3n) is 6.48. The Balaban J connectivity index is 0.000000183. The molecule has 0 radical (unpaired) electrons. The predicted molar refractivity (Wildman–Crippen MR) is 162 cm³/mol. The van der Waals surface area contributed by atoms with Crippen molar-refractivity contribution < 1.29 is 14.7 Å². The van der Waals surface area contributed by atoms with Gasteiger partial charge in [-0.05, 0) is 77.7 Å². The van der Waals surface area contributed by atoms with Crippen LogP contribution in [-0.2, 0) is 4.79 Å². The number of Topliss-reactive ketones (excluding diaryl/α,β-unsaturated/α-hetero) is 2. The third kappa shape index (κ3) is 6.64. The number of hydrogen-bond donors (Lipinski definition) is 1. The van der Waals surface area contributed by atoms with Gasteiger partial charge in [-0.25, -0.2) is 0 Å². The Morgan fingerprint density at radius 1 is 0.923 bits per heavy atom. The second kappa shape index (κ2) is 12.7. The number of allylic oxidation sites excluding steroid dienone is 3. The molecule has 0 fully saturated rings. The average molecular weight is 561 g/mol. The zero-order valence-corrected chi connectivity index (χ0v) is 24.3. The number of hydrogen-bond acceptors (Lipinski definition) is 6. The maximum Gasteiger partial charge on any atom is 0.234 e. The molecule has 0 atom stereocenters. The van der Waals surface area contributed by atoms with Crippen LogP contribution in [0.1, 0.15) is 42.6 Å². The molecule has 5 nitrogen and oxygen atoms in total. The van der Waals surface area contributed by atoms with E-state index in [1.165, 1.54) is 21.2 Å². The first-order chi connectivity index (χ1) is 18.7. The van der Waals surface area contributed by atoms with Crippen LogP contribution in [-0.4, -0.2) is 48.8 Å². The van der Waals surface area contributed by atoms with E-state index in [0.717, 1.165) is 30.1 Å². The van der Waals surface area contributed by atoms with E-state index in [-0.39, 0.29) is 23.3 Å². The highest BCUT2D eigenvalue weighted by atomic mass is 35.5. The summed E-state index contributed by atoms with van der Waals surface area (Å²) in [5.41, 5.74) is 4.45. The number of ketones is 2. The number of benzene rings is 3. The summed E-state index contributed by atoms with van der Waals surface area (Å²) >= 11 is 8.03. The van der Waals surface area contributed by atoms with Gasteiger partial charge in [0.05, 0.1) is 11.4 Å². The monoisotopic (exact) mass is 560 g/mol. The fraction of sp³-hybridized carbons (Fsp3) is 0.250. The number of aliphatic hydroxyl groups is 1. The quantitative estimate of drug-likeness (QED) is 0.244. The lowest BCUT2D eigenvalue weighted by Gasteiger charge is -2.33. The van der Waals surface area contributed by atoms with Gasteiger partial charge in [0.1, 0.15) is 5.76 Å². The minimum atomic E-state index is -0.608. The van der Waals surface area contributed by atoms with Gasteiger partial charge in [0.25, 0.3) is 0 Å². The highest BCUT2D eigenvalue weighted by Crippen LogP contribution is 2.48. The number of rotatable bonds is 6. The molecule has 0 unspecified atom stereocenters. The van der Waals surface area contributed by atoms with Crippen LogP contribution in [0.5, 0.6) is 0 Å². The summed E-state index contributed by atoms with van der Waals surface area (Å²) < 4.78 is 0. The van der Waals surface area contributed by atoms with Gasteiger partial charge in [0.2, 0.25) is 11.6 Å². The summed E-state index contributed by atoms with van der Waals surface area (Å²) in [5, 5.41) is 10.9. The van der Waals surface area contributed by atoms with Crippen molar-refractivity contribution in [2.24, 2.45) is 0 Å². The Morgan fingerprint density at radius 2 is 1.59 bits per heavy atom. The maximum absolute atomic E-state index is 11.9. The molecule has 3 aromatic carbocycles. The van der Waals surface area contributed by atoms with Crippen LogP contribution in [0.4, 0.5) is 11.4 Å². The largest absolute Gasteiger partial charge is 0.507 e. The first-order valence-electron chi connectivity index (χ1n) is 12.9. The Bertz CT molecular complexity index is 1460. The lowest BCUT2D eigenvalue weighted by Crippen LogP contribution is -2.25. The van der Waals surface area contributed by atoms with Gasteiger partial charge in [-0.3, -0.25) is 9.59 Å². The van der Waals surface area contributed by atoms with Crippen LogP contribution < -0.4 is 4.90 Å². The Labute approximate surface area is 239 Å². The number of nitrogens with zero attached hydrogens (tertiary/aromatic N) is 2. The third-order valence-corrected chi connectivity index (χ3v) is 7.85. The van der Waals surface area contributed by atoms with Crippen molar-refractivity contribution in [2.45, 2.75) is 36.5 Å². The van der Waals surface area contributed by atoms with E-state index in [4.69, 9.17) is 11.6 Å². The fourth-order valence-electron chi connectivity index (χ4n) is 4.50. The predicted octanol–water partition coefficient (Wildman–Crippen LogP) is 7.97. The fourth-order valence-corrected chi connectivity index (χ4v) is 5.74. The molecular formula is C32H33ClN2O3S. The number of anilines is 2. The van der Waals surface area contributed by atoms with E-state index in [2.05, 4.69) is 60.3 Å². The summed E-state index contributed by atoms with van der Waals surface area (Å²) in [6, 6.07) is 21.4. The number of carbonyl (C=O) groups is 2. The van der Waals surface area contributed by atoms with Gasteiger partial charge in [-0.15, -0.1) is 0 Å². The van der Waals surface area contributed by atoms with Crippen LogP contribution in [0.15, 0.2) is 93.7 Å². The van der Waals surface area contributed by atoms with Crippen molar-refractivity contribution in [1.29, 1.82) is 0 Å². The van der Waals surface area contributed by atoms with E-state index >= 15 is 0 Å². The van der Waals surface area contributed by atoms with Crippen molar-refractivity contribution >= 4 is 52.1 Å². The van der Waals surface area contributed by atoms with Crippen LogP contribution in [0.2, 0.25) is 5.02 Å². The van der Waals surface area contributed by atoms with E-state index < -0.39 is 11.6 Å². The normalized spacial score (nSPS) is 13.8. The van der Waals surface area contributed by atoms with Crippen molar-refractivity contribution in [1.82, 2.24) is 4.90 Å². The minimum Gasteiger partial charge on any atom is -0.507 e.